The van der Waals surface area contributed by atoms with Crippen LogP contribution in [0.3, 0.4) is 0 Å². The number of aromatic nitrogens is 2. The Morgan fingerprint density at radius 2 is 2.31 bits per heavy atom. The van der Waals surface area contributed by atoms with E-state index in [2.05, 4.69) is 11.1 Å². The number of hydrogen-bond donors (Lipinski definition) is 2. The highest BCUT2D eigenvalue weighted by Gasteiger charge is 2.08. The molecule has 0 aliphatic rings. The number of nitrogens with two attached hydrogens (primary N) is 1. The molecule has 1 aromatic carbocycles. The number of rotatable bonds is 3. The highest BCUT2D eigenvalue weighted by Crippen LogP contribution is 2.13. The third-order valence-electron chi connectivity index (χ3n) is 2.48. The molecule has 0 amide bonds. The van der Waals surface area contributed by atoms with Crippen LogP contribution < -0.4 is 5.73 Å². The predicted octanol–water partition coefficient (Wildman–Crippen LogP) is 1.17. The normalized spacial score (nSPS) is 12.7. The van der Waals surface area contributed by atoms with Crippen LogP contribution in [0.2, 0.25) is 0 Å². The average Bonchev–Trinajstić information content (AvgIpc) is 2.77. The number of aliphatic hydroxyl groups excluding tert-OH is 1. The van der Waals surface area contributed by atoms with Gasteiger partial charge in [0.1, 0.15) is 0 Å². The molecule has 1 aromatic heterocycles. The lowest BCUT2D eigenvalue weighted by molar-refractivity contribution is 0.266. The largest absolute Gasteiger partial charge is 0.394 e. The Labute approximate surface area is 94.4 Å². The van der Waals surface area contributed by atoms with Crippen molar-refractivity contribution in [1.82, 2.24) is 9.55 Å². The van der Waals surface area contributed by atoms with E-state index in [-0.39, 0.29) is 6.61 Å². The van der Waals surface area contributed by atoms with E-state index in [1.165, 1.54) is 5.56 Å². The van der Waals surface area contributed by atoms with Crippen LogP contribution in [-0.4, -0.2) is 21.3 Å². The third kappa shape index (κ3) is 2.13. The second-order valence-corrected chi connectivity index (χ2v) is 3.83. The van der Waals surface area contributed by atoms with Crippen LogP contribution in [0.25, 0.3) is 5.69 Å². The van der Waals surface area contributed by atoms with Crippen molar-refractivity contribution >= 4 is 0 Å². The molecule has 84 valence electrons. The maximum absolute atomic E-state index is 8.94. The zero-order valence-electron chi connectivity index (χ0n) is 9.17. The van der Waals surface area contributed by atoms with Gasteiger partial charge in [-0.15, -0.1) is 0 Å². The van der Waals surface area contributed by atoms with Gasteiger partial charge >= 0.3 is 0 Å². The number of hydrogen-bond acceptors (Lipinski definition) is 3. The average molecular weight is 217 g/mol. The van der Waals surface area contributed by atoms with Gasteiger partial charge in [-0.2, -0.15) is 0 Å². The second kappa shape index (κ2) is 4.47. The van der Waals surface area contributed by atoms with Crippen LogP contribution in [0.4, 0.5) is 0 Å². The zero-order chi connectivity index (χ0) is 11.5. The summed E-state index contributed by atoms with van der Waals surface area (Å²) in [7, 11) is 0. The van der Waals surface area contributed by atoms with Gasteiger partial charge in [-0.25, -0.2) is 4.98 Å². The van der Waals surface area contributed by atoms with E-state index < -0.39 is 6.04 Å². The molecule has 4 nitrogen and oxygen atoms in total. The van der Waals surface area contributed by atoms with E-state index in [0.717, 1.165) is 5.69 Å². The molecule has 0 bridgehead atoms. The first-order chi connectivity index (χ1) is 7.70. The van der Waals surface area contributed by atoms with Gasteiger partial charge in [0, 0.05) is 11.9 Å². The van der Waals surface area contributed by atoms with Crippen molar-refractivity contribution in [3.63, 3.8) is 0 Å². The smallest absolute Gasteiger partial charge is 0.0995 e. The molecule has 3 N–H and O–H groups in total. The Morgan fingerprint density at radius 1 is 1.50 bits per heavy atom. The van der Waals surface area contributed by atoms with Crippen LogP contribution >= 0.6 is 0 Å². The van der Waals surface area contributed by atoms with E-state index >= 15 is 0 Å². The molecule has 0 saturated heterocycles. The molecule has 0 fully saturated rings. The Kier molecular flexibility index (Phi) is 3.03. The van der Waals surface area contributed by atoms with Crippen LogP contribution in [0, 0.1) is 6.92 Å². The van der Waals surface area contributed by atoms with Gasteiger partial charge in [0.2, 0.25) is 0 Å². The topological polar surface area (TPSA) is 64.1 Å². The van der Waals surface area contributed by atoms with Gasteiger partial charge in [0.05, 0.1) is 24.7 Å². The van der Waals surface area contributed by atoms with E-state index in [9.17, 15) is 0 Å². The van der Waals surface area contributed by atoms with Crippen molar-refractivity contribution in [1.29, 1.82) is 0 Å². The highest BCUT2D eigenvalue weighted by molar-refractivity contribution is 5.35. The van der Waals surface area contributed by atoms with Crippen molar-refractivity contribution in [2.24, 2.45) is 5.73 Å². The van der Waals surface area contributed by atoms with Crippen LogP contribution in [-0.2, 0) is 0 Å². The van der Waals surface area contributed by atoms with Gasteiger partial charge in [0.15, 0.2) is 0 Å². The monoisotopic (exact) mass is 217 g/mol. The summed E-state index contributed by atoms with van der Waals surface area (Å²) in [5.74, 6) is 0. The lowest BCUT2D eigenvalue weighted by Crippen LogP contribution is -2.14. The molecule has 1 unspecified atom stereocenters. The molecular formula is C12H15N3O. The molecule has 16 heavy (non-hydrogen) atoms. The molecule has 0 aliphatic heterocycles. The minimum Gasteiger partial charge on any atom is -0.394 e. The maximum atomic E-state index is 8.94. The first-order valence-electron chi connectivity index (χ1n) is 5.18. The first kappa shape index (κ1) is 10.9. The molecule has 1 atom stereocenters. The lowest BCUT2D eigenvalue weighted by Gasteiger charge is -2.04. The number of benzene rings is 1. The van der Waals surface area contributed by atoms with Gasteiger partial charge < -0.3 is 15.4 Å². The van der Waals surface area contributed by atoms with Gasteiger partial charge in [-0.05, 0) is 24.6 Å². The quantitative estimate of drug-likeness (QED) is 0.811. The summed E-state index contributed by atoms with van der Waals surface area (Å²) in [4.78, 5) is 4.17. The van der Waals surface area contributed by atoms with Gasteiger partial charge in [0.25, 0.3) is 0 Å². The fourth-order valence-electron chi connectivity index (χ4n) is 1.55. The Balaban J connectivity index is 2.31. The molecule has 0 aliphatic carbocycles. The Morgan fingerprint density at radius 3 is 3.00 bits per heavy atom. The summed E-state index contributed by atoms with van der Waals surface area (Å²) in [6.07, 6.45) is 3.55. The first-order valence-corrected chi connectivity index (χ1v) is 5.18. The Hall–Kier alpha value is -1.65. The number of imidazole rings is 1. The third-order valence-corrected chi connectivity index (χ3v) is 2.48. The molecule has 2 aromatic rings. The fraction of sp³-hybridized carbons (Fsp3) is 0.250. The van der Waals surface area contributed by atoms with Crippen molar-refractivity contribution in [2.45, 2.75) is 13.0 Å². The second-order valence-electron chi connectivity index (χ2n) is 3.83. The van der Waals surface area contributed by atoms with Crippen molar-refractivity contribution in [3.8, 4) is 5.69 Å². The molecule has 4 heteroatoms. The maximum Gasteiger partial charge on any atom is 0.0995 e. The molecule has 0 spiro atoms. The lowest BCUT2D eigenvalue weighted by atomic mass is 10.2. The molecule has 2 rings (SSSR count). The summed E-state index contributed by atoms with van der Waals surface area (Å²) in [5, 5.41) is 8.94. The number of aryl methyl sites for hydroxylation is 1. The van der Waals surface area contributed by atoms with E-state index in [1.54, 1.807) is 6.33 Å². The molecule has 0 radical (unpaired) electrons. The summed E-state index contributed by atoms with van der Waals surface area (Å²) in [5.41, 5.74) is 8.63. The zero-order valence-corrected chi connectivity index (χ0v) is 9.17. The summed E-state index contributed by atoms with van der Waals surface area (Å²) < 4.78 is 1.90. The fourth-order valence-corrected chi connectivity index (χ4v) is 1.55. The van der Waals surface area contributed by atoms with E-state index in [0.29, 0.717) is 5.69 Å². The summed E-state index contributed by atoms with van der Waals surface area (Å²) in [6.45, 7) is 1.95. The minimum absolute atomic E-state index is 0.0924. The molecular weight excluding hydrogens is 202 g/mol. The van der Waals surface area contributed by atoms with E-state index in [4.69, 9.17) is 10.8 Å². The van der Waals surface area contributed by atoms with Crippen LogP contribution in [0.15, 0.2) is 36.8 Å². The standard InChI is InChI=1S/C12H15N3O/c1-9-3-2-4-10(5-9)15-6-12(14-8-15)11(13)7-16/h2-6,8,11,16H,7,13H2,1H3. The van der Waals surface area contributed by atoms with Crippen LogP contribution in [0.1, 0.15) is 17.3 Å². The summed E-state index contributed by atoms with van der Waals surface area (Å²) >= 11 is 0. The van der Waals surface area contributed by atoms with Gasteiger partial charge in [-0.3, -0.25) is 0 Å². The van der Waals surface area contributed by atoms with E-state index in [1.807, 2.05) is 35.9 Å². The van der Waals surface area contributed by atoms with Crippen molar-refractivity contribution in [3.05, 3.63) is 48.0 Å². The van der Waals surface area contributed by atoms with Crippen LogP contribution in [0.5, 0.6) is 0 Å². The SMILES string of the molecule is Cc1cccc(-n2cnc(C(N)CO)c2)c1. The number of nitrogens with zero attached hydrogens (tertiary/aromatic N) is 2. The highest BCUT2D eigenvalue weighted by atomic mass is 16.3. The number of aliphatic hydroxyl groups is 1. The summed E-state index contributed by atoms with van der Waals surface area (Å²) in [6, 6.07) is 7.70. The molecule has 1 heterocycles. The predicted molar refractivity (Wildman–Crippen MR) is 62.3 cm³/mol. The minimum atomic E-state index is -0.411. The van der Waals surface area contributed by atoms with Crippen molar-refractivity contribution in [2.75, 3.05) is 6.61 Å². The Bertz CT molecular complexity index is 479. The van der Waals surface area contributed by atoms with Crippen molar-refractivity contribution < 1.29 is 5.11 Å². The molecule has 0 saturated carbocycles. The van der Waals surface area contributed by atoms with Gasteiger partial charge in [-0.1, -0.05) is 12.1 Å².